The minimum atomic E-state index is -0.244. The number of fused-ring (bicyclic) bond motifs is 3. The summed E-state index contributed by atoms with van der Waals surface area (Å²) in [5.41, 5.74) is 3.75. The number of halogens is 1. The molecule has 0 bridgehead atoms. The fourth-order valence-electron chi connectivity index (χ4n) is 2.20. The van der Waals surface area contributed by atoms with Crippen LogP contribution in [-0.4, -0.2) is 9.38 Å². The summed E-state index contributed by atoms with van der Waals surface area (Å²) in [6, 6.07) is 8.77. The van der Waals surface area contributed by atoms with Crippen molar-refractivity contribution >= 4 is 16.6 Å². The van der Waals surface area contributed by atoms with E-state index in [0.717, 1.165) is 16.7 Å². The van der Waals surface area contributed by atoms with Crippen LogP contribution >= 0.6 is 0 Å². The number of hydrogen-bond donors (Lipinski definition) is 0. The van der Waals surface area contributed by atoms with E-state index in [4.69, 9.17) is 0 Å². The minimum Gasteiger partial charge on any atom is -0.313 e. The highest BCUT2D eigenvalue weighted by molar-refractivity contribution is 5.80. The number of nitrogens with zero attached hydrogens (tertiary/aromatic N) is 2. The molecular weight excluding hydrogens is 215 g/mol. The predicted octanol–water partition coefficient (Wildman–Crippen LogP) is 3.75. The van der Waals surface area contributed by atoms with Gasteiger partial charge in [-0.2, -0.15) is 0 Å². The number of benzene rings is 1. The Morgan fingerprint density at radius 1 is 1.18 bits per heavy atom. The van der Waals surface area contributed by atoms with Gasteiger partial charge in [0.15, 0.2) is 0 Å². The Balaban J connectivity index is 2.51. The smallest absolute Gasteiger partial charge is 0.125 e. The summed E-state index contributed by atoms with van der Waals surface area (Å²) >= 11 is 0. The van der Waals surface area contributed by atoms with Crippen LogP contribution in [0.3, 0.4) is 0 Å². The summed E-state index contributed by atoms with van der Waals surface area (Å²) in [6.07, 6.45) is 1.99. The minimum absolute atomic E-state index is 0.244. The molecule has 0 saturated heterocycles. The molecule has 0 radical (unpaired) electrons. The SMILES string of the molecule is CC(C)c1nc2cc(F)ccc2n2cccc12. The van der Waals surface area contributed by atoms with Gasteiger partial charge in [-0.1, -0.05) is 13.8 Å². The zero-order valence-electron chi connectivity index (χ0n) is 9.81. The zero-order chi connectivity index (χ0) is 12.0. The predicted molar refractivity (Wildman–Crippen MR) is 66.7 cm³/mol. The lowest BCUT2D eigenvalue weighted by Crippen LogP contribution is -1.99. The van der Waals surface area contributed by atoms with Crippen molar-refractivity contribution in [2.75, 3.05) is 0 Å². The van der Waals surface area contributed by atoms with Crippen LogP contribution in [0.25, 0.3) is 16.6 Å². The van der Waals surface area contributed by atoms with E-state index in [2.05, 4.69) is 23.2 Å². The van der Waals surface area contributed by atoms with Crippen molar-refractivity contribution in [2.45, 2.75) is 19.8 Å². The Morgan fingerprint density at radius 2 is 2.00 bits per heavy atom. The molecule has 0 fully saturated rings. The van der Waals surface area contributed by atoms with E-state index in [1.165, 1.54) is 12.1 Å². The maximum absolute atomic E-state index is 13.2. The van der Waals surface area contributed by atoms with Crippen LogP contribution in [0.2, 0.25) is 0 Å². The topological polar surface area (TPSA) is 17.3 Å². The molecule has 3 rings (SSSR count). The Morgan fingerprint density at radius 3 is 2.76 bits per heavy atom. The Kier molecular flexibility index (Phi) is 2.15. The third-order valence-corrected chi connectivity index (χ3v) is 3.00. The molecule has 0 aliphatic carbocycles. The lowest BCUT2D eigenvalue weighted by molar-refractivity contribution is 0.629. The first kappa shape index (κ1) is 10.3. The molecule has 0 N–H and O–H groups in total. The standard InChI is InChI=1S/C14H13FN2/c1-9(2)14-13-4-3-7-17(13)12-6-5-10(15)8-11(12)16-14/h3-9H,1-2H3. The summed E-state index contributed by atoms with van der Waals surface area (Å²) in [5, 5.41) is 0. The maximum Gasteiger partial charge on any atom is 0.125 e. The molecule has 1 aromatic carbocycles. The van der Waals surface area contributed by atoms with Gasteiger partial charge in [0.25, 0.3) is 0 Å². The first-order valence-electron chi connectivity index (χ1n) is 5.73. The molecule has 0 unspecified atom stereocenters. The first-order chi connectivity index (χ1) is 8.16. The summed E-state index contributed by atoms with van der Waals surface area (Å²) in [6.45, 7) is 4.20. The van der Waals surface area contributed by atoms with Crippen molar-refractivity contribution in [2.24, 2.45) is 0 Å². The molecule has 0 amide bonds. The van der Waals surface area contributed by atoms with Gasteiger partial charge in [0.05, 0.1) is 22.2 Å². The largest absolute Gasteiger partial charge is 0.313 e. The normalized spacial score (nSPS) is 11.8. The summed E-state index contributed by atoms with van der Waals surface area (Å²) < 4.78 is 15.3. The second-order valence-electron chi connectivity index (χ2n) is 4.55. The third-order valence-electron chi connectivity index (χ3n) is 3.00. The van der Waals surface area contributed by atoms with Crippen molar-refractivity contribution in [3.63, 3.8) is 0 Å². The van der Waals surface area contributed by atoms with E-state index in [1.807, 2.05) is 18.3 Å². The lowest BCUT2D eigenvalue weighted by Gasteiger charge is -2.10. The molecule has 17 heavy (non-hydrogen) atoms. The molecule has 0 aliphatic heterocycles. The first-order valence-corrected chi connectivity index (χ1v) is 5.73. The zero-order valence-corrected chi connectivity index (χ0v) is 9.81. The summed E-state index contributed by atoms with van der Waals surface area (Å²) in [5.74, 6) is 0.0753. The molecule has 0 spiro atoms. The Hall–Kier alpha value is -1.90. The molecule has 2 aromatic heterocycles. The lowest BCUT2D eigenvalue weighted by atomic mass is 10.1. The number of aromatic nitrogens is 2. The maximum atomic E-state index is 13.2. The second kappa shape index (κ2) is 3.55. The molecule has 2 heterocycles. The van der Waals surface area contributed by atoms with E-state index >= 15 is 0 Å². The van der Waals surface area contributed by atoms with Crippen molar-refractivity contribution in [3.05, 3.63) is 48.0 Å². The van der Waals surface area contributed by atoms with E-state index in [1.54, 1.807) is 6.07 Å². The van der Waals surface area contributed by atoms with Crippen molar-refractivity contribution in [3.8, 4) is 0 Å². The average molecular weight is 228 g/mol. The highest BCUT2D eigenvalue weighted by Crippen LogP contribution is 2.24. The number of rotatable bonds is 1. The summed E-state index contributed by atoms with van der Waals surface area (Å²) in [4.78, 5) is 4.58. The van der Waals surface area contributed by atoms with Crippen LogP contribution in [0.4, 0.5) is 4.39 Å². The molecular formula is C14H13FN2. The van der Waals surface area contributed by atoms with Crippen molar-refractivity contribution in [1.29, 1.82) is 0 Å². The van der Waals surface area contributed by atoms with Gasteiger partial charge in [0.1, 0.15) is 5.82 Å². The van der Waals surface area contributed by atoms with Gasteiger partial charge < -0.3 is 4.40 Å². The highest BCUT2D eigenvalue weighted by atomic mass is 19.1. The highest BCUT2D eigenvalue weighted by Gasteiger charge is 2.11. The third kappa shape index (κ3) is 1.50. The molecule has 3 aromatic rings. The van der Waals surface area contributed by atoms with E-state index < -0.39 is 0 Å². The molecule has 86 valence electrons. The van der Waals surface area contributed by atoms with Crippen molar-refractivity contribution < 1.29 is 4.39 Å². The van der Waals surface area contributed by atoms with Crippen molar-refractivity contribution in [1.82, 2.24) is 9.38 Å². The van der Waals surface area contributed by atoms with Gasteiger partial charge in [-0.25, -0.2) is 9.37 Å². The molecule has 3 heteroatoms. The fraction of sp³-hybridized carbons (Fsp3) is 0.214. The number of hydrogen-bond acceptors (Lipinski definition) is 1. The summed E-state index contributed by atoms with van der Waals surface area (Å²) in [7, 11) is 0. The molecule has 0 saturated carbocycles. The quantitative estimate of drug-likeness (QED) is 0.620. The Labute approximate surface area is 98.7 Å². The van der Waals surface area contributed by atoms with Crippen LogP contribution in [0.1, 0.15) is 25.5 Å². The molecule has 2 nitrogen and oxygen atoms in total. The second-order valence-corrected chi connectivity index (χ2v) is 4.55. The molecule has 0 atom stereocenters. The van der Waals surface area contributed by atoms with Crippen LogP contribution in [0, 0.1) is 5.82 Å². The van der Waals surface area contributed by atoms with E-state index in [9.17, 15) is 4.39 Å². The average Bonchev–Trinajstić information content (AvgIpc) is 2.76. The van der Waals surface area contributed by atoms with Gasteiger partial charge in [-0.15, -0.1) is 0 Å². The van der Waals surface area contributed by atoms with Gasteiger partial charge in [-0.3, -0.25) is 0 Å². The van der Waals surface area contributed by atoms with E-state index in [0.29, 0.717) is 11.4 Å². The monoisotopic (exact) mass is 228 g/mol. The van der Waals surface area contributed by atoms with Gasteiger partial charge in [0, 0.05) is 12.3 Å². The van der Waals surface area contributed by atoms with Crippen LogP contribution in [0.5, 0.6) is 0 Å². The molecule has 0 aliphatic rings. The fourth-order valence-corrected chi connectivity index (χ4v) is 2.20. The van der Waals surface area contributed by atoms with Gasteiger partial charge >= 0.3 is 0 Å². The van der Waals surface area contributed by atoms with Crippen LogP contribution < -0.4 is 0 Å². The Bertz CT molecular complexity index is 698. The van der Waals surface area contributed by atoms with Crippen LogP contribution in [-0.2, 0) is 0 Å². The van der Waals surface area contributed by atoms with Gasteiger partial charge in [0.2, 0.25) is 0 Å². The van der Waals surface area contributed by atoms with Gasteiger partial charge in [-0.05, 0) is 30.2 Å². The van der Waals surface area contributed by atoms with Crippen LogP contribution in [0.15, 0.2) is 36.5 Å². The van der Waals surface area contributed by atoms with E-state index in [-0.39, 0.29) is 5.82 Å².